The largest absolute Gasteiger partial charge is 0.337 e. The third-order valence-electron chi connectivity index (χ3n) is 5.95. The Kier molecular flexibility index (Phi) is 5.32. The van der Waals surface area contributed by atoms with E-state index in [0.717, 1.165) is 62.4 Å². The van der Waals surface area contributed by atoms with Crippen molar-refractivity contribution in [1.82, 2.24) is 24.6 Å². The van der Waals surface area contributed by atoms with Crippen molar-refractivity contribution in [1.29, 1.82) is 0 Å². The highest BCUT2D eigenvalue weighted by atomic mass is 32.1. The minimum absolute atomic E-state index is 0.130. The molecule has 0 saturated carbocycles. The first-order chi connectivity index (χ1) is 13.0. The fourth-order valence-corrected chi connectivity index (χ4v) is 5.22. The number of thiazole rings is 1. The van der Waals surface area contributed by atoms with E-state index in [1.165, 1.54) is 17.7 Å². The highest BCUT2D eigenvalue weighted by Gasteiger charge is 2.32. The van der Waals surface area contributed by atoms with Crippen LogP contribution in [0.25, 0.3) is 0 Å². The van der Waals surface area contributed by atoms with Gasteiger partial charge in [0.25, 0.3) is 5.91 Å². The molecule has 0 spiro atoms. The Labute approximate surface area is 165 Å². The van der Waals surface area contributed by atoms with Crippen LogP contribution >= 0.6 is 11.3 Å². The van der Waals surface area contributed by atoms with Crippen LogP contribution in [0.1, 0.15) is 58.1 Å². The molecule has 2 aliphatic rings. The fraction of sp³-hybridized carbons (Fsp3) is 0.650. The molecule has 1 amide bonds. The number of aromatic nitrogens is 3. The number of rotatable bonds is 4. The lowest BCUT2D eigenvalue weighted by atomic mass is 9.90. The average molecular weight is 388 g/mol. The van der Waals surface area contributed by atoms with Gasteiger partial charge in [-0.2, -0.15) is 5.10 Å². The molecule has 0 aromatic carbocycles. The summed E-state index contributed by atoms with van der Waals surface area (Å²) in [5.74, 6) is 0.130. The summed E-state index contributed by atoms with van der Waals surface area (Å²) in [7, 11) is 4.16. The smallest absolute Gasteiger partial charge is 0.274 e. The van der Waals surface area contributed by atoms with E-state index in [9.17, 15) is 4.79 Å². The average Bonchev–Trinajstić information content (AvgIpc) is 3.24. The molecule has 3 heterocycles. The van der Waals surface area contributed by atoms with Crippen molar-refractivity contribution in [3.05, 3.63) is 33.0 Å². The predicted molar refractivity (Wildman–Crippen MR) is 107 cm³/mol. The zero-order chi connectivity index (χ0) is 19.0. The van der Waals surface area contributed by atoms with E-state index in [0.29, 0.717) is 11.7 Å². The van der Waals surface area contributed by atoms with Crippen molar-refractivity contribution < 1.29 is 4.79 Å². The van der Waals surface area contributed by atoms with E-state index >= 15 is 0 Å². The van der Waals surface area contributed by atoms with Crippen LogP contribution in [0.15, 0.2) is 5.38 Å². The van der Waals surface area contributed by atoms with Gasteiger partial charge in [0.1, 0.15) is 5.01 Å². The van der Waals surface area contributed by atoms with Crippen LogP contribution in [0.2, 0.25) is 0 Å². The van der Waals surface area contributed by atoms with Crippen molar-refractivity contribution in [3.63, 3.8) is 0 Å². The Balaban J connectivity index is 1.51. The van der Waals surface area contributed by atoms with Crippen molar-refractivity contribution in [2.75, 3.05) is 20.1 Å². The third kappa shape index (κ3) is 3.80. The van der Waals surface area contributed by atoms with Gasteiger partial charge in [-0.15, -0.1) is 11.3 Å². The Bertz CT molecular complexity index is 820. The molecule has 1 fully saturated rings. The van der Waals surface area contributed by atoms with Gasteiger partial charge in [-0.3, -0.25) is 14.4 Å². The van der Waals surface area contributed by atoms with Gasteiger partial charge >= 0.3 is 0 Å². The van der Waals surface area contributed by atoms with Gasteiger partial charge in [0, 0.05) is 48.5 Å². The van der Waals surface area contributed by atoms with E-state index in [-0.39, 0.29) is 5.91 Å². The number of carbonyl (C=O) groups is 1. The molecular weight excluding hydrogens is 358 g/mol. The number of aryl methyl sites for hydroxylation is 2. The first kappa shape index (κ1) is 18.6. The summed E-state index contributed by atoms with van der Waals surface area (Å²) in [4.78, 5) is 22.1. The first-order valence-corrected chi connectivity index (χ1v) is 10.9. The summed E-state index contributed by atoms with van der Waals surface area (Å²) in [6.07, 6.45) is 6.44. The number of piperidine rings is 1. The standard InChI is InChI=1S/C20H29N5OS/c1-14-13-27-18(21-14)12-23(2)15-7-8-17-16(11-15)19(22-24(17)3)20(26)25-9-5-4-6-10-25/h13,15H,4-12H2,1-3H3. The maximum Gasteiger partial charge on any atom is 0.274 e. The Hall–Kier alpha value is -1.73. The minimum Gasteiger partial charge on any atom is -0.337 e. The molecule has 7 heteroatoms. The van der Waals surface area contributed by atoms with E-state index < -0.39 is 0 Å². The van der Waals surface area contributed by atoms with Gasteiger partial charge in [-0.05, 0) is 52.5 Å². The number of likely N-dealkylation sites (N-methyl/N-ethyl adjacent to an activating group) is 1. The summed E-state index contributed by atoms with van der Waals surface area (Å²) in [6, 6.07) is 0.429. The molecule has 1 unspecified atom stereocenters. The van der Waals surface area contributed by atoms with Crippen LogP contribution < -0.4 is 0 Å². The number of hydrogen-bond acceptors (Lipinski definition) is 5. The lowest BCUT2D eigenvalue weighted by Crippen LogP contribution is -2.38. The van der Waals surface area contributed by atoms with Gasteiger partial charge in [0.2, 0.25) is 0 Å². The Morgan fingerprint density at radius 1 is 1.33 bits per heavy atom. The maximum atomic E-state index is 13.1. The number of fused-ring (bicyclic) bond motifs is 1. The molecule has 2 aromatic rings. The predicted octanol–water partition coefficient (Wildman–Crippen LogP) is 2.80. The summed E-state index contributed by atoms with van der Waals surface area (Å²) < 4.78 is 1.94. The van der Waals surface area contributed by atoms with Gasteiger partial charge in [-0.25, -0.2) is 4.98 Å². The van der Waals surface area contributed by atoms with Gasteiger partial charge in [0.05, 0.1) is 6.54 Å². The molecule has 1 aliphatic carbocycles. The summed E-state index contributed by atoms with van der Waals surface area (Å²) >= 11 is 1.73. The van der Waals surface area contributed by atoms with E-state index in [1.807, 2.05) is 23.6 Å². The normalized spacial score (nSPS) is 20.1. The summed E-state index contributed by atoms with van der Waals surface area (Å²) in [5, 5.41) is 7.92. The van der Waals surface area contributed by atoms with E-state index in [2.05, 4.69) is 27.4 Å². The number of likely N-dealkylation sites (tertiary alicyclic amines) is 1. The van der Waals surface area contributed by atoms with E-state index in [4.69, 9.17) is 0 Å². The Morgan fingerprint density at radius 3 is 2.81 bits per heavy atom. The minimum atomic E-state index is 0.130. The van der Waals surface area contributed by atoms with Crippen LogP contribution in [0.4, 0.5) is 0 Å². The number of nitrogens with zero attached hydrogens (tertiary/aromatic N) is 5. The fourth-order valence-electron chi connectivity index (χ4n) is 4.38. The molecular formula is C20H29N5OS. The molecule has 1 atom stereocenters. The molecule has 2 aromatic heterocycles. The highest BCUT2D eigenvalue weighted by molar-refractivity contribution is 7.09. The van der Waals surface area contributed by atoms with Crippen LogP contribution in [-0.4, -0.2) is 56.7 Å². The molecule has 27 heavy (non-hydrogen) atoms. The van der Waals surface area contributed by atoms with Crippen molar-refractivity contribution in [2.45, 2.75) is 58.0 Å². The zero-order valence-corrected chi connectivity index (χ0v) is 17.4. The van der Waals surface area contributed by atoms with Crippen LogP contribution in [0.3, 0.4) is 0 Å². The van der Waals surface area contributed by atoms with Crippen molar-refractivity contribution >= 4 is 17.2 Å². The second kappa shape index (κ2) is 7.72. The first-order valence-electron chi connectivity index (χ1n) is 9.98. The van der Waals surface area contributed by atoms with Crippen LogP contribution in [0.5, 0.6) is 0 Å². The molecule has 6 nitrogen and oxygen atoms in total. The lowest BCUT2D eigenvalue weighted by Gasteiger charge is -2.31. The third-order valence-corrected chi connectivity index (χ3v) is 6.90. The monoisotopic (exact) mass is 387 g/mol. The lowest BCUT2D eigenvalue weighted by molar-refractivity contribution is 0.0715. The maximum absolute atomic E-state index is 13.1. The van der Waals surface area contributed by atoms with Crippen LogP contribution in [0, 0.1) is 6.92 Å². The number of amides is 1. The molecule has 1 aliphatic heterocycles. The van der Waals surface area contributed by atoms with Crippen LogP contribution in [-0.2, 0) is 26.4 Å². The van der Waals surface area contributed by atoms with Crippen molar-refractivity contribution in [2.24, 2.45) is 7.05 Å². The van der Waals surface area contributed by atoms with Gasteiger partial charge < -0.3 is 4.90 Å². The second-order valence-electron chi connectivity index (χ2n) is 7.94. The highest BCUT2D eigenvalue weighted by Crippen LogP contribution is 2.29. The SMILES string of the molecule is Cc1csc(CN(C)C2CCc3c(c(C(=O)N4CCCCC4)nn3C)C2)n1. The molecule has 0 N–H and O–H groups in total. The molecule has 146 valence electrons. The Morgan fingerprint density at radius 2 is 2.11 bits per heavy atom. The molecule has 4 rings (SSSR count). The number of carbonyl (C=O) groups excluding carboxylic acids is 1. The van der Waals surface area contributed by atoms with Crippen molar-refractivity contribution in [3.8, 4) is 0 Å². The quantitative estimate of drug-likeness (QED) is 0.810. The second-order valence-corrected chi connectivity index (χ2v) is 8.89. The summed E-state index contributed by atoms with van der Waals surface area (Å²) in [5.41, 5.74) is 4.20. The zero-order valence-electron chi connectivity index (χ0n) is 16.6. The van der Waals surface area contributed by atoms with Gasteiger partial charge in [0.15, 0.2) is 5.69 Å². The number of hydrogen-bond donors (Lipinski definition) is 0. The molecule has 0 radical (unpaired) electrons. The molecule has 0 bridgehead atoms. The molecule has 1 saturated heterocycles. The topological polar surface area (TPSA) is 54.3 Å². The summed E-state index contributed by atoms with van der Waals surface area (Å²) in [6.45, 7) is 4.66. The van der Waals surface area contributed by atoms with Gasteiger partial charge in [-0.1, -0.05) is 0 Å². The van der Waals surface area contributed by atoms with E-state index in [1.54, 1.807) is 11.3 Å².